The van der Waals surface area contributed by atoms with E-state index in [0.717, 1.165) is 44.1 Å². The van der Waals surface area contributed by atoms with Crippen molar-refractivity contribution >= 4 is 5.57 Å². The molecule has 6 atom stereocenters. The summed E-state index contributed by atoms with van der Waals surface area (Å²) in [6, 6.07) is 4.15. The molecule has 1 aromatic rings. The van der Waals surface area contributed by atoms with Gasteiger partial charge in [-0.15, -0.1) is 0 Å². The van der Waals surface area contributed by atoms with E-state index in [1.54, 1.807) is 0 Å². The number of aliphatic hydroxyl groups is 2. The Morgan fingerprint density at radius 1 is 1.21 bits per heavy atom. The van der Waals surface area contributed by atoms with Crippen LogP contribution in [0.15, 0.2) is 53.9 Å². The summed E-state index contributed by atoms with van der Waals surface area (Å²) in [5, 5.41) is 22.2. The Hall–Kier alpha value is -1.71. The smallest absolute Gasteiger partial charge is 0.0933 e. The van der Waals surface area contributed by atoms with Gasteiger partial charge in [-0.1, -0.05) is 43.7 Å². The van der Waals surface area contributed by atoms with E-state index in [-0.39, 0.29) is 17.4 Å². The van der Waals surface area contributed by atoms with Crippen molar-refractivity contribution in [1.29, 1.82) is 0 Å². The van der Waals surface area contributed by atoms with Crippen LogP contribution in [0, 0.1) is 23.2 Å². The number of aliphatic hydroxyl groups excluding tert-OH is 1. The summed E-state index contributed by atoms with van der Waals surface area (Å²) < 4.78 is 0. The summed E-state index contributed by atoms with van der Waals surface area (Å²) in [6.45, 7) is 4.64. The molecule has 3 heteroatoms. The van der Waals surface area contributed by atoms with Gasteiger partial charge in [0.25, 0.3) is 0 Å². The lowest BCUT2D eigenvalue weighted by Crippen LogP contribution is -2.51. The number of aromatic nitrogens is 1. The first-order chi connectivity index (χ1) is 13.4. The molecule has 0 spiro atoms. The van der Waals surface area contributed by atoms with Crippen LogP contribution in [0.1, 0.15) is 57.9 Å². The first kappa shape index (κ1) is 18.3. The molecule has 148 valence electrons. The fraction of sp³-hybridized carbons (Fsp3) is 0.560. The average Bonchev–Trinajstić information content (AvgIpc) is 2.99. The summed E-state index contributed by atoms with van der Waals surface area (Å²) in [5.41, 5.74) is 4.12. The number of hydrogen-bond acceptors (Lipinski definition) is 3. The highest BCUT2D eigenvalue weighted by molar-refractivity contribution is 5.74. The normalized spacial score (nSPS) is 42.4. The molecule has 1 saturated carbocycles. The highest BCUT2D eigenvalue weighted by atomic mass is 16.3. The number of nitrogens with zero attached hydrogens (tertiary/aromatic N) is 1. The number of hydrogen-bond donors (Lipinski definition) is 2. The van der Waals surface area contributed by atoms with Crippen molar-refractivity contribution in [1.82, 2.24) is 4.98 Å². The zero-order chi connectivity index (χ0) is 19.5. The Morgan fingerprint density at radius 2 is 2.07 bits per heavy atom. The zero-order valence-corrected chi connectivity index (χ0v) is 16.9. The third-order valence-electron chi connectivity index (χ3n) is 8.35. The van der Waals surface area contributed by atoms with Gasteiger partial charge >= 0.3 is 0 Å². The number of pyridine rings is 1. The van der Waals surface area contributed by atoms with Gasteiger partial charge < -0.3 is 10.2 Å². The molecule has 4 aliphatic rings. The van der Waals surface area contributed by atoms with Crippen LogP contribution in [0.25, 0.3) is 5.57 Å². The molecule has 5 unspecified atom stereocenters. The van der Waals surface area contributed by atoms with Gasteiger partial charge in [-0.25, -0.2) is 0 Å². The molecule has 0 radical (unpaired) electrons. The first-order valence-electron chi connectivity index (χ1n) is 10.9. The van der Waals surface area contributed by atoms with Crippen molar-refractivity contribution in [2.24, 2.45) is 23.2 Å². The summed E-state index contributed by atoms with van der Waals surface area (Å²) >= 11 is 0. The molecule has 1 fully saturated rings. The second-order valence-corrected chi connectivity index (χ2v) is 9.66. The van der Waals surface area contributed by atoms with Crippen LogP contribution < -0.4 is 0 Å². The van der Waals surface area contributed by atoms with E-state index in [1.807, 2.05) is 18.5 Å². The van der Waals surface area contributed by atoms with E-state index < -0.39 is 5.60 Å². The van der Waals surface area contributed by atoms with Gasteiger partial charge in [-0.2, -0.15) is 0 Å². The number of rotatable bonds is 1. The van der Waals surface area contributed by atoms with Crippen LogP contribution in [0.3, 0.4) is 0 Å². The zero-order valence-electron chi connectivity index (χ0n) is 16.9. The average molecular weight is 378 g/mol. The van der Waals surface area contributed by atoms with Crippen LogP contribution in [-0.2, 0) is 0 Å². The SMILES string of the molecule is CC1C=C2C=C3CC(O)CCC3CC[C@]2(O)C2CC=C(c3cccnc3)C12C. The molecule has 0 aromatic carbocycles. The molecule has 1 heterocycles. The largest absolute Gasteiger partial charge is 0.393 e. The second-order valence-electron chi connectivity index (χ2n) is 9.66. The van der Waals surface area contributed by atoms with Gasteiger partial charge in [-0.05, 0) is 73.1 Å². The first-order valence-corrected chi connectivity index (χ1v) is 10.9. The molecule has 3 nitrogen and oxygen atoms in total. The summed E-state index contributed by atoms with van der Waals surface area (Å²) in [5.74, 6) is 1.04. The van der Waals surface area contributed by atoms with Gasteiger partial charge in [0.15, 0.2) is 0 Å². The van der Waals surface area contributed by atoms with Gasteiger partial charge in [0.2, 0.25) is 0 Å². The minimum Gasteiger partial charge on any atom is -0.393 e. The molecule has 0 aliphatic heterocycles. The van der Waals surface area contributed by atoms with E-state index in [0.29, 0.717) is 11.8 Å². The number of allylic oxidation sites excluding steroid dienone is 3. The van der Waals surface area contributed by atoms with Crippen LogP contribution in [-0.4, -0.2) is 26.9 Å². The van der Waals surface area contributed by atoms with Gasteiger partial charge in [0.05, 0.1) is 11.7 Å². The molecule has 0 saturated heterocycles. The van der Waals surface area contributed by atoms with Crippen molar-refractivity contribution in [2.45, 2.75) is 64.1 Å². The summed E-state index contributed by atoms with van der Waals surface area (Å²) in [7, 11) is 0. The highest BCUT2D eigenvalue weighted by Gasteiger charge is 2.58. The molecule has 4 aliphatic carbocycles. The van der Waals surface area contributed by atoms with Crippen molar-refractivity contribution < 1.29 is 10.2 Å². The Labute approximate surface area is 167 Å². The predicted molar refractivity (Wildman–Crippen MR) is 111 cm³/mol. The maximum absolute atomic E-state index is 12.1. The van der Waals surface area contributed by atoms with Crippen LogP contribution in [0.4, 0.5) is 0 Å². The second kappa shape index (κ2) is 6.40. The standard InChI is InChI=1S/C25H31NO2/c1-16-12-20-13-19-14-21(27)6-5-17(19)9-10-25(20,28)23-8-7-22(24(16,23)2)18-4-3-11-26-15-18/h3-4,7,11-13,15-17,21,23,27-28H,5-6,8-10,14H2,1-2H3/t16?,17?,21?,23?,24?,25-/m1/s1. The van der Waals surface area contributed by atoms with E-state index in [1.165, 1.54) is 16.7 Å². The predicted octanol–water partition coefficient (Wildman–Crippen LogP) is 4.68. The van der Waals surface area contributed by atoms with Crippen LogP contribution in [0.5, 0.6) is 0 Å². The third-order valence-corrected chi connectivity index (χ3v) is 8.35. The molecular weight excluding hydrogens is 346 g/mol. The minimum atomic E-state index is -0.781. The molecule has 5 rings (SSSR count). The van der Waals surface area contributed by atoms with E-state index in [2.05, 4.69) is 43.1 Å². The molecular formula is C25H31NO2. The Balaban J connectivity index is 1.58. The van der Waals surface area contributed by atoms with Gasteiger partial charge in [0, 0.05) is 23.7 Å². The summed E-state index contributed by atoms with van der Waals surface area (Å²) in [4.78, 5) is 4.34. The van der Waals surface area contributed by atoms with E-state index in [4.69, 9.17) is 0 Å². The van der Waals surface area contributed by atoms with Crippen molar-refractivity contribution in [2.75, 3.05) is 0 Å². The van der Waals surface area contributed by atoms with Gasteiger partial charge in [0.1, 0.15) is 0 Å². The van der Waals surface area contributed by atoms with Gasteiger partial charge in [-0.3, -0.25) is 4.98 Å². The minimum absolute atomic E-state index is 0.0885. The van der Waals surface area contributed by atoms with E-state index in [9.17, 15) is 10.2 Å². The fourth-order valence-corrected chi connectivity index (χ4v) is 6.59. The van der Waals surface area contributed by atoms with Crippen molar-refractivity contribution in [3.8, 4) is 0 Å². The third kappa shape index (κ3) is 2.52. The fourth-order valence-electron chi connectivity index (χ4n) is 6.59. The quantitative estimate of drug-likeness (QED) is 0.747. The highest BCUT2D eigenvalue weighted by Crippen LogP contribution is 2.63. The Bertz CT molecular complexity index is 870. The monoisotopic (exact) mass is 377 g/mol. The van der Waals surface area contributed by atoms with Crippen LogP contribution >= 0.6 is 0 Å². The van der Waals surface area contributed by atoms with E-state index >= 15 is 0 Å². The number of fused-ring (bicyclic) bond motifs is 4. The maximum Gasteiger partial charge on any atom is 0.0933 e. The summed E-state index contributed by atoms with van der Waals surface area (Å²) in [6.07, 6.45) is 16.0. The topological polar surface area (TPSA) is 53.4 Å². The van der Waals surface area contributed by atoms with Crippen molar-refractivity contribution in [3.63, 3.8) is 0 Å². The maximum atomic E-state index is 12.1. The lowest BCUT2D eigenvalue weighted by molar-refractivity contribution is -0.0455. The molecule has 28 heavy (non-hydrogen) atoms. The molecule has 2 N–H and O–H groups in total. The molecule has 0 amide bonds. The molecule has 0 bridgehead atoms. The molecule has 1 aromatic heterocycles. The van der Waals surface area contributed by atoms with Crippen LogP contribution in [0.2, 0.25) is 0 Å². The Morgan fingerprint density at radius 3 is 2.86 bits per heavy atom. The van der Waals surface area contributed by atoms with Crippen molar-refractivity contribution in [3.05, 3.63) is 59.5 Å². The lowest BCUT2D eigenvalue weighted by atomic mass is 9.54. The Kier molecular flexibility index (Phi) is 4.19. The lowest BCUT2D eigenvalue weighted by Gasteiger charge is -2.51.